The van der Waals surface area contributed by atoms with Gasteiger partial charge in [-0.05, 0) is 30.3 Å². The van der Waals surface area contributed by atoms with Crippen LogP contribution in [0.25, 0.3) is 16.9 Å². The molecule has 0 saturated heterocycles. The van der Waals surface area contributed by atoms with E-state index in [4.69, 9.17) is 30.5 Å². The first-order valence-electron chi connectivity index (χ1n) is 11.0. The van der Waals surface area contributed by atoms with Gasteiger partial charge in [-0.15, -0.1) is 0 Å². The van der Waals surface area contributed by atoms with Crippen LogP contribution in [0.1, 0.15) is 26.4 Å². The summed E-state index contributed by atoms with van der Waals surface area (Å²) in [6.45, 7) is 0. The van der Waals surface area contributed by atoms with E-state index in [0.717, 1.165) is 14.2 Å². The van der Waals surface area contributed by atoms with Crippen molar-refractivity contribution in [2.45, 2.75) is 6.18 Å². The molecule has 13 heteroatoms. The van der Waals surface area contributed by atoms with E-state index in [0.29, 0.717) is 18.0 Å². The lowest BCUT2D eigenvalue weighted by molar-refractivity contribution is -0.137. The number of ether oxygens (including phenoxy) is 4. The van der Waals surface area contributed by atoms with Gasteiger partial charge in [0.15, 0.2) is 17.2 Å². The second-order valence-corrected chi connectivity index (χ2v) is 8.16. The third kappa shape index (κ3) is 5.36. The fourth-order valence-corrected chi connectivity index (χ4v) is 3.87. The number of hydrogen-bond acceptors (Lipinski definition) is 8. The smallest absolute Gasteiger partial charge is 0.417 e. The quantitative estimate of drug-likeness (QED) is 0.254. The second kappa shape index (κ2) is 11.0. The van der Waals surface area contributed by atoms with Crippen LogP contribution in [-0.2, 0) is 15.7 Å². The summed E-state index contributed by atoms with van der Waals surface area (Å²) >= 11 is 6.07. The SMILES string of the molecule is COC(=O)c1c(-c2cccc(OC)c2Oc2ncc(C(F)(F)F)cc2Cl)nn(-c2ccccc2)c1C(=O)OC. The van der Waals surface area contributed by atoms with Gasteiger partial charge in [-0.2, -0.15) is 18.3 Å². The van der Waals surface area contributed by atoms with Crippen LogP contribution in [0.3, 0.4) is 0 Å². The summed E-state index contributed by atoms with van der Waals surface area (Å²) in [5.74, 6) is -2.14. The maximum Gasteiger partial charge on any atom is 0.417 e. The highest BCUT2D eigenvalue weighted by molar-refractivity contribution is 6.31. The predicted octanol–water partition coefficient (Wildman–Crippen LogP) is 5.98. The Labute approximate surface area is 224 Å². The first-order chi connectivity index (χ1) is 18.6. The molecule has 2 heterocycles. The lowest BCUT2D eigenvalue weighted by Crippen LogP contribution is -2.15. The van der Waals surface area contributed by atoms with Gasteiger partial charge >= 0.3 is 18.1 Å². The zero-order chi connectivity index (χ0) is 28.3. The van der Waals surface area contributed by atoms with Gasteiger partial charge in [-0.3, -0.25) is 0 Å². The zero-order valence-electron chi connectivity index (χ0n) is 20.6. The monoisotopic (exact) mass is 561 g/mol. The number of benzene rings is 2. The van der Waals surface area contributed by atoms with Crippen LogP contribution in [0.5, 0.6) is 17.4 Å². The number of aromatic nitrogens is 3. The van der Waals surface area contributed by atoms with Gasteiger partial charge in [-0.25, -0.2) is 19.3 Å². The van der Waals surface area contributed by atoms with Crippen molar-refractivity contribution in [2.24, 2.45) is 0 Å². The largest absolute Gasteiger partial charge is 0.493 e. The summed E-state index contributed by atoms with van der Waals surface area (Å²) < 4.78 is 61.6. The minimum Gasteiger partial charge on any atom is -0.493 e. The summed E-state index contributed by atoms with van der Waals surface area (Å²) in [6.07, 6.45) is -4.11. The van der Waals surface area contributed by atoms with Gasteiger partial charge in [0, 0.05) is 11.8 Å². The van der Waals surface area contributed by atoms with Crippen LogP contribution >= 0.6 is 11.6 Å². The number of rotatable bonds is 7. The minimum absolute atomic E-state index is 0.0666. The summed E-state index contributed by atoms with van der Waals surface area (Å²) in [7, 11) is 3.60. The van der Waals surface area contributed by atoms with Crippen LogP contribution in [-0.4, -0.2) is 48.0 Å². The first-order valence-corrected chi connectivity index (χ1v) is 11.4. The van der Waals surface area contributed by atoms with E-state index in [1.165, 1.54) is 23.9 Å². The Morgan fingerprint density at radius 1 is 0.949 bits per heavy atom. The van der Waals surface area contributed by atoms with E-state index in [-0.39, 0.29) is 39.9 Å². The van der Waals surface area contributed by atoms with Gasteiger partial charge < -0.3 is 18.9 Å². The van der Waals surface area contributed by atoms with Crippen molar-refractivity contribution in [3.05, 3.63) is 82.6 Å². The number of nitrogens with zero attached hydrogens (tertiary/aromatic N) is 3. The van der Waals surface area contributed by atoms with Crippen LogP contribution in [0.2, 0.25) is 5.02 Å². The Kier molecular flexibility index (Phi) is 7.77. The molecule has 0 N–H and O–H groups in total. The maximum atomic E-state index is 13.1. The molecule has 0 radical (unpaired) electrons. The molecule has 0 bridgehead atoms. The summed E-state index contributed by atoms with van der Waals surface area (Å²) in [5, 5.41) is 4.08. The number of alkyl halides is 3. The summed E-state index contributed by atoms with van der Waals surface area (Å²) in [4.78, 5) is 29.6. The molecule has 2 aromatic carbocycles. The lowest BCUT2D eigenvalue weighted by atomic mass is 10.0. The first kappa shape index (κ1) is 27.5. The number of pyridine rings is 1. The molecule has 0 atom stereocenters. The van der Waals surface area contributed by atoms with Crippen molar-refractivity contribution in [1.29, 1.82) is 0 Å². The zero-order valence-corrected chi connectivity index (χ0v) is 21.3. The molecule has 0 aliphatic carbocycles. The van der Waals surface area contributed by atoms with Crippen molar-refractivity contribution in [1.82, 2.24) is 14.8 Å². The molecule has 0 fully saturated rings. The highest BCUT2D eigenvalue weighted by Gasteiger charge is 2.34. The highest BCUT2D eigenvalue weighted by Crippen LogP contribution is 2.44. The topological polar surface area (TPSA) is 102 Å². The van der Waals surface area contributed by atoms with Gasteiger partial charge in [0.25, 0.3) is 0 Å². The Hall–Kier alpha value is -4.58. The fraction of sp³-hybridized carbons (Fsp3) is 0.154. The van der Waals surface area contributed by atoms with Crippen LogP contribution in [0, 0.1) is 0 Å². The Morgan fingerprint density at radius 3 is 2.23 bits per heavy atom. The van der Waals surface area contributed by atoms with Crippen molar-refractivity contribution >= 4 is 23.5 Å². The molecule has 4 rings (SSSR count). The number of halogens is 4. The Bertz CT molecular complexity index is 1540. The molecule has 0 aliphatic heterocycles. The number of carbonyl (C=O) groups excluding carboxylic acids is 2. The number of carbonyl (C=O) groups is 2. The minimum atomic E-state index is -4.67. The Morgan fingerprint density at radius 2 is 1.64 bits per heavy atom. The van der Waals surface area contributed by atoms with Crippen molar-refractivity contribution in [3.63, 3.8) is 0 Å². The Balaban J connectivity index is 1.98. The maximum absolute atomic E-state index is 13.1. The van der Waals surface area contributed by atoms with Gasteiger partial charge in [0.05, 0.1) is 32.6 Å². The van der Waals surface area contributed by atoms with Crippen molar-refractivity contribution < 1.29 is 41.7 Å². The van der Waals surface area contributed by atoms with E-state index in [1.54, 1.807) is 36.4 Å². The molecular formula is C26H19ClF3N3O6. The molecule has 0 spiro atoms. The van der Waals surface area contributed by atoms with Crippen LogP contribution in [0.4, 0.5) is 13.2 Å². The molecule has 0 unspecified atom stereocenters. The summed E-state index contributed by atoms with van der Waals surface area (Å²) in [5.41, 5.74) is -1.08. The van der Waals surface area contributed by atoms with Crippen molar-refractivity contribution in [2.75, 3.05) is 21.3 Å². The van der Waals surface area contributed by atoms with E-state index in [2.05, 4.69) is 10.1 Å². The molecule has 2 aromatic heterocycles. The second-order valence-electron chi connectivity index (χ2n) is 7.75. The number of methoxy groups -OCH3 is 3. The molecule has 202 valence electrons. The average molecular weight is 562 g/mol. The van der Waals surface area contributed by atoms with E-state index in [1.807, 2.05) is 0 Å². The molecule has 4 aromatic rings. The molecule has 0 amide bonds. The number of para-hydroxylation sites is 2. The number of hydrogen-bond donors (Lipinski definition) is 0. The fourth-order valence-electron chi connectivity index (χ4n) is 3.66. The molecule has 0 aliphatic rings. The number of esters is 2. The van der Waals surface area contributed by atoms with Gasteiger partial charge in [0.2, 0.25) is 5.88 Å². The standard InChI is InChI=1S/C26H19ClF3N3O6/c1-36-18-11-7-10-16(22(18)39-23-17(27)12-14(13-31-23)26(28,29)30)20-19(24(34)37-2)21(25(35)38-3)33(32-20)15-8-5-4-6-9-15/h4-13H,1-3H3. The van der Waals surface area contributed by atoms with Crippen LogP contribution < -0.4 is 9.47 Å². The van der Waals surface area contributed by atoms with Gasteiger partial charge in [0.1, 0.15) is 16.3 Å². The molecule has 39 heavy (non-hydrogen) atoms. The van der Waals surface area contributed by atoms with Gasteiger partial charge in [-0.1, -0.05) is 35.9 Å². The normalized spacial score (nSPS) is 11.2. The van der Waals surface area contributed by atoms with E-state index in [9.17, 15) is 22.8 Å². The summed E-state index contributed by atoms with van der Waals surface area (Å²) in [6, 6.07) is 13.7. The molecular weight excluding hydrogens is 543 g/mol. The van der Waals surface area contributed by atoms with Crippen LogP contribution in [0.15, 0.2) is 60.8 Å². The third-order valence-corrected chi connectivity index (χ3v) is 5.71. The average Bonchev–Trinajstić information content (AvgIpc) is 3.33. The van der Waals surface area contributed by atoms with Crippen molar-refractivity contribution in [3.8, 4) is 34.3 Å². The molecule has 9 nitrogen and oxygen atoms in total. The third-order valence-electron chi connectivity index (χ3n) is 5.44. The van der Waals surface area contributed by atoms with E-state index >= 15 is 0 Å². The lowest BCUT2D eigenvalue weighted by Gasteiger charge is -2.15. The van der Waals surface area contributed by atoms with E-state index < -0.39 is 28.7 Å². The predicted molar refractivity (Wildman–Crippen MR) is 133 cm³/mol. The highest BCUT2D eigenvalue weighted by atomic mass is 35.5. The molecule has 0 saturated carbocycles.